The minimum Gasteiger partial charge on any atom is -0.497 e. The van der Waals surface area contributed by atoms with Crippen molar-refractivity contribution in [2.24, 2.45) is 0 Å². The Bertz CT molecular complexity index is 372. The van der Waals surface area contributed by atoms with Gasteiger partial charge >= 0.3 is 0 Å². The van der Waals surface area contributed by atoms with Crippen LogP contribution in [0.3, 0.4) is 0 Å². The van der Waals surface area contributed by atoms with Crippen molar-refractivity contribution in [3.8, 4) is 11.5 Å². The van der Waals surface area contributed by atoms with Gasteiger partial charge in [-0.3, -0.25) is 0 Å². The maximum Gasteiger partial charge on any atom is 0.122 e. The number of hydrogen-bond donors (Lipinski definition) is 1. The summed E-state index contributed by atoms with van der Waals surface area (Å²) in [6.45, 7) is 3.75. The van der Waals surface area contributed by atoms with Gasteiger partial charge in [0.1, 0.15) is 11.5 Å². The molecule has 0 aromatic heterocycles. The molecule has 0 amide bonds. The van der Waals surface area contributed by atoms with Crippen LogP contribution in [0, 0.1) is 0 Å². The number of hydrogen-bond acceptors (Lipinski definition) is 4. The zero-order chi connectivity index (χ0) is 13.0. The van der Waals surface area contributed by atoms with Gasteiger partial charge in [-0.2, -0.15) is 0 Å². The fraction of sp³-hybridized carbons (Fsp3) is 0.571. The van der Waals surface area contributed by atoms with E-state index in [-0.39, 0.29) is 6.10 Å². The van der Waals surface area contributed by atoms with Crippen molar-refractivity contribution in [3.63, 3.8) is 0 Å². The molecule has 18 heavy (non-hydrogen) atoms. The van der Waals surface area contributed by atoms with E-state index in [9.17, 15) is 0 Å². The largest absolute Gasteiger partial charge is 0.497 e. The normalized spacial score (nSPS) is 23.1. The molecule has 2 atom stereocenters. The molecule has 1 aliphatic heterocycles. The van der Waals surface area contributed by atoms with Crippen molar-refractivity contribution in [2.75, 3.05) is 20.8 Å². The zero-order valence-corrected chi connectivity index (χ0v) is 11.2. The van der Waals surface area contributed by atoms with Crippen LogP contribution >= 0.6 is 0 Å². The van der Waals surface area contributed by atoms with Crippen molar-refractivity contribution in [1.82, 2.24) is 5.32 Å². The summed E-state index contributed by atoms with van der Waals surface area (Å²) in [4.78, 5) is 0. The second kappa shape index (κ2) is 6.07. The third kappa shape index (κ3) is 3.15. The number of methoxy groups -OCH3 is 2. The predicted molar refractivity (Wildman–Crippen MR) is 70.2 cm³/mol. The van der Waals surface area contributed by atoms with Gasteiger partial charge in [-0.05, 0) is 31.0 Å². The fourth-order valence-corrected chi connectivity index (χ4v) is 2.22. The van der Waals surface area contributed by atoms with Crippen molar-refractivity contribution in [1.29, 1.82) is 0 Å². The first-order chi connectivity index (χ1) is 8.72. The van der Waals surface area contributed by atoms with Crippen molar-refractivity contribution in [3.05, 3.63) is 23.8 Å². The predicted octanol–water partition coefficient (Wildman–Crippen LogP) is 1.97. The summed E-state index contributed by atoms with van der Waals surface area (Å²) in [5.41, 5.74) is 1.16. The van der Waals surface area contributed by atoms with E-state index in [1.54, 1.807) is 14.2 Å². The highest BCUT2D eigenvalue weighted by atomic mass is 16.5. The molecule has 4 nitrogen and oxygen atoms in total. The van der Waals surface area contributed by atoms with Crippen LogP contribution in [0.5, 0.6) is 11.5 Å². The van der Waals surface area contributed by atoms with Crippen molar-refractivity contribution in [2.45, 2.75) is 32.0 Å². The van der Waals surface area contributed by atoms with Crippen LogP contribution < -0.4 is 14.8 Å². The lowest BCUT2D eigenvalue weighted by atomic mass is 10.1. The van der Waals surface area contributed by atoms with E-state index < -0.39 is 0 Å². The molecule has 2 rings (SSSR count). The molecule has 1 aromatic carbocycles. The summed E-state index contributed by atoms with van der Waals surface area (Å²) in [6.07, 6.45) is 1.36. The third-order valence-corrected chi connectivity index (χ3v) is 3.36. The summed E-state index contributed by atoms with van der Waals surface area (Å²) in [5.74, 6) is 1.64. The molecular formula is C14H21NO3. The van der Waals surface area contributed by atoms with Gasteiger partial charge in [-0.1, -0.05) is 0 Å². The zero-order valence-electron chi connectivity index (χ0n) is 11.2. The minimum absolute atomic E-state index is 0.289. The number of nitrogens with one attached hydrogen (secondary N) is 1. The van der Waals surface area contributed by atoms with Gasteiger partial charge in [0.2, 0.25) is 0 Å². The molecule has 1 fully saturated rings. The van der Waals surface area contributed by atoms with Gasteiger partial charge in [0.05, 0.1) is 20.3 Å². The highest BCUT2D eigenvalue weighted by molar-refractivity contribution is 5.38. The second-order valence-corrected chi connectivity index (χ2v) is 4.57. The van der Waals surface area contributed by atoms with Gasteiger partial charge in [0, 0.05) is 25.3 Å². The molecule has 1 aliphatic rings. The Kier molecular flexibility index (Phi) is 4.44. The maximum atomic E-state index is 5.53. The Hall–Kier alpha value is -1.26. The Morgan fingerprint density at radius 3 is 2.39 bits per heavy atom. The average Bonchev–Trinajstić information content (AvgIpc) is 2.81. The molecule has 0 radical (unpaired) electrons. The first-order valence-electron chi connectivity index (χ1n) is 6.30. The summed E-state index contributed by atoms with van der Waals surface area (Å²) in [6, 6.07) is 6.36. The number of rotatable bonds is 5. The molecule has 0 spiro atoms. The summed E-state index contributed by atoms with van der Waals surface area (Å²) >= 11 is 0. The lowest BCUT2D eigenvalue weighted by Gasteiger charge is -2.16. The standard InChI is InChI=1S/C14H21NO3/c1-10-14(4-5-18-10)15-9-11-6-12(16-2)8-13(7-11)17-3/h6-8,10,14-15H,4-5,9H2,1-3H3. The second-order valence-electron chi connectivity index (χ2n) is 4.57. The smallest absolute Gasteiger partial charge is 0.122 e. The van der Waals surface area contributed by atoms with Gasteiger partial charge in [-0.15, -0.1) is 0 Å². The monoisotopic (exact) mass is 251 g/mol. The molecule has 1 heterocycles. The summed E-state index contributed by atoms with van der Waals surface area (Å²) in [5, 5.41) is 3.51. The summed E-state index contributed by atoms with van der Waals surface area (Å²) < 4.78 is 16.0. The molecule has 1 saturated heterocycles. The molecule has 4 heteroatoms. The Balaban J connectivity index is 1.99. The van der Waals surface area contributed by atoms with Crippen molar-refractivity contribution < 1.29 is 14.2 Å². The molecule has 1 N–H and O–H groups in total. The van der Waals surface area contributed by atoms with Gasteiger partial charge in [-0.25, -0.2) is 0 Å². The highest BCUT2D eigenvalue weighted by Crippen LogP contribution is 2.23. The third-order valence-electron chi connectivity index (χ3n) is 3.36. The van der Waals surface area contributed by atoms with Crippen LogP contribution in [0.4, 0.5) is 0 Å². The van der Waals surface area contributed by atoms with E-state index in [0.29, 0.717) is 6.04 Å². The molecule has 0 saturated carbocycles. The molecule has 0 aliphatic carbocycles. The average molecular weight is 251 g/mol. The van der Waals surface area contributed by atoms with Crippen LogP contribution in [-0.2, 0) is 11.3 Å². The molecule has 1 aromatic rings. The van der Waals surface area contributed by atoms with Crippen LogP contribution in [0.25, 0.3) is 0 Å². The Morgan fingerprint density at radius 2 is 1.89 bits per heavy atom. The highest BCUT2D eigenvalue weighted by Gasteiger charge is 2.23. The number of benzene rings is 1. The minimum atomic E-state index is 0.289. The van der Waals surface area contributed by atoms with E-state index in [4.69, 9.17) is 14.2 Å². The molecular weight excluding hydrogens is 230 g/mol. The molecule has 100 valence electrons. The summed E-state index contributed by atoms with van der Waals surface area (Å²) in [7, 11) is 3.33. The van der Waals surface area contributed by atoms with E-state index in [1.165, 1.54) is 0 Å². The quantitative estimate of drug-likeness (QED) is 0.868. The fourth-order valence-electron chi connectivity index (χ4n) is 2.22. The van der Waals surface area contributed by atoms with Gasteiger partial charge < -0.3 is 19.5 Å². The molecule has 2 unspecified atom stereocenters. The maximum absolute atomic E-state index is 5.53. The molecule has 0 bridgehead atoms. The van der Waals surface area contributed by atoms with Gasteiger partial charge in [0.15, 0.2) is 0 Å². The Labute approximate surface area is 108 Å². The number of ether oxygens (including phenoxy) is 3. The van der Waals surface area contributed by atoms with E-state index >= 15 is 0 Å². The first-order valence-corrected chi connectivity index (χ1v) is 6.30. The van der Waals surface area contributed by atoms with E-state index in [0.717, 1.165) is 36.6 Å². The first kappa shape index (κ1) is 13.2. The van der Waals surface area contributed by atoms with Crippen LogP contribution in [0.15, 0.2) is 18.2 Å². The van der Waals surface area contributed by atoms with Crippen molar-refractivity contribution >= 4 is 0 Å². The van der Waals surface area contributed by atoms with Crippen LogP contribution in [-0.4, -0.2) is 33.0 Å². The van der Waals surface area contributed by atoms with E-state index in [2.05, 4.69) is 12.2 Å². The van der Waals surface area contributed by atoms with Crippen LogP contribution in [0.1, 0.15) is 18.9 Å². The van der Waals surface area contributed by atoms with Crippen LogP contribution in [0.2, 0.25) is 0 Å². The SMILES string of the molecule is COc1cc(CNC2CCOC2C)cc(OC)c1. The van der Waals surface area contributed by atoms with E-state index in [1.807, 2.05) is 18.2 Å². The van der Waals surface area contributed by atoms with Gasteiger partial charge in [0.25, 0.3) is 0 Å². The Morgan fingerprint density at radius 1 is 1.22 bits per heavy atom. The lowest BCUT2D eigenvalue weighted by Crippen LogP contribution is -2.34. The lowest BCUT2D eigenvalue weighted by molar-refractivity contribution is 0.113. The topological polar surface area (TPSA) is 39.7 Å².